The van der Waals surface area contributed by atoms with Crippen molar-refractivity contribution in [3.63, 3.8) is 0 Å². The van der Waals surface area contributed by atoms with E-state index >= 15 is 0 Å². The van der Waals surface area contributed by atoms with Crippen LogP contribution >= 0.6 is 11.8 Å². The molecule has 11 nitrogen and oxygen atoms in total. The number of nitrogens with zero attached hydrogens (tertiary/aromatic N) is 3. The third kappa shape index (κ3) is 5.47. The summed E-state index contributed by atoms with van der Waals surface area (Å²) in [5, 5.41) is 9.42. The number of amides is 1. The molecule has 1 aromatic carbocycles. The van der Waals surface area contributed by atoms with Gasteiger partial charge in [-0.1, -0.05) is 18.7 Å². The first kappa shape index (κ1) is 23.3. The second-order valence-corrected chi connectivity index (χ2v) is 9.53. The number of H-pyrrole nitrogens is 1. The van der Waals surface area contributed by atoms with Crippen LogP contribution in [0, 0.1) is 0 Å². The smallest absolute Gasteiger partial charge is 0.343 e. The number of ether oxygens (including phenoxy) is 2. The van der Waals surface area contributed by atoms with Gasteiger partial charge in [-0.05, 0) is 24.6 Å². The van der Waals surface area contributed by atoms with Crippen LogP contribution in [0.4, 0.5) is 5.69 Å². The van der Waals surface area contributed by atoms with Gasteiger partial charge < -0.3 is 14.8 Å². The van der Waals surface area contributed by atoms with Crippen LogP contribution in [0.3, 0.4) is 0 Å². The van der Waals surface area contributed by atoms with Gasteiger partial charge in [-0.2, -0.15) is 4.31 Å². The summed E-state index contributed by atoms with van der Waals surface area (Å²) in [6.07, 6.45) is 0.755. The van der Waals surface area contributed by atoms with Crippen molar-refractivity contribution in [3.8, 4) is 5.75 Å². The van der Waals surface area contributed by atoms with Gasteiger partial charge in [0.2, 0.25) is 15.9 Å². The van der Waals surface area contributed by atoms with Gasteiger partial charge in [-0.25, -0.2) is 18.3 Å². The molecule has 0 unspecified atom stereocenters. The molecule has 31 heavy (non-hydrogen) atoms. The van der Waals surface area contributed by atoms with Gasteiger partial charge in [0.15, 0.2) is 5.16 Å². The molecule has 1 fully saturated rings. The van der Waals surface area contributed by atoms with Crippen molar-refractivity contribution in [1.82, 2.24) is 19.1 Å². The van der Waals surface area contributed by atoms with E-state index in [9.17, 15) is 18.0 Å². The van der Waals surface area contributed by atoms with Crippen molar-refractivity contribution in [3.05, 3.63) is 28.7 Å². The number of methoxy groups -OCH3 is 1. The van der Waals surface area contributed by atoms with Gasteiger partial charge in [0, 0.05) is 25.3 Å². The number of carbonyl (C=O) groups excluding carboxylic acids is 1. The van der Waals surface area contributed by atoms with Gasteiger partial charge in [0.25, 0.3) is 0 Å². The molecule has 1 aliphatic rings. The van der Waals surface area contributed by atoms with Crippen LogP contribution in [0.15, 0.2) is 33.0 Å². The highest BCUT2D eigenvalue weighted by Gasteiger charge is 2.29. The number of aromatic amines is 1. The topological polar surface area (TPSA) is 136 Å². The normalized spacial score (nSPS) is 15.0. The predicted molar refractivity (Wildman–Crippen MR) is 115 cm³/mol. The first-order chi connectivity index (χ1) is 14.9. The van der Waals surface area contributed by atoms with Crippen molar-refractivity contribution >= 4 is 33.4 Å². The van der Waals surface area contributed by atoms with E-state index in [1.807, 2.05) is 6.92 Å². The highest BCUT2D eigenvalue weighted by molar-refractivity contribution is 7.99. The molecule has 0 spiro atoms. The summed E-state index contributed by atoms with van der Waals surface area (Å²) in [5.41, 5.74) is 0.00378. The van der Waals surface area contributed by atoms with Crippen LogP contribution in [-0.4, -0.2) is 72.6 Å². The number of aromatic nitrogens is 3. The summed E-state index contributed by atoms with van der Waals surface area (Å²) in [6, 6.07) is 4.46. The quantitative estimate of drug-likeness (QED) is 0.511. The van der Waals surface area contributed by atoms with Crippen molar-refractivity contribution < 1.29 is 22.7 Å². The number of rotatable bonds is 9. The van der Waals surface area contributed by atoms with Crippen LogP contribution < -0.4 is 15.7 Å². The lowest BCUT2D eigenvalue weighted by Crippen LogP contribution is -2.40. The largest absolute Gasteiger partial charge is 0.495 e. The number of anilines is 1. The van der Waals surface area contributed by atoms with Gasteiger partial charge in [-0.15, -0.1) is 5.10 Å². The molecule has 3 rings (SSSR count). The number of carbonyl (C=O) groups is 1. The number of hydrogen-bond donors (Lipinski definition) is 2. The Labute approximate surface area is 184 Å². The first-order valence-corrected chi connectivity index (χ1v) is 12.1. The van der Waals surface area contributed by atoms with Gasteiger partial charge in [-0.3, -0.25) is 9.36 Å². The Morgan fingerprint density at radius 1 is 1.35 bits per heavy atom. The Morgan fingerprint density at radius 3 is 2.77 bits per heavy atom. The number of sulfonamides is 1. The molecule has 1 aliphatic heterocycles. The summed E-state index contributed by atoms with van der Waals surface area (Å²) in [7, 11) is -2.42. The Hall–Kier alpha value is -2.35. The van der Waals surface area contributed by atoms with Gasteiger partial charge >= 0.3 is 5.69 Å². The molecule has 2 N–H and O–H groups in total. The zero-order valence-corrected chi connectivity index (χ0v) is 18.9. The summed E-state index contributed by atoms with van der Waals surface area (Å²) in [4.78, 5) is 24.1. The van der Waals surface area contributed by atoms with E-state index < -0.39 is 10.0 Å². The predicted octanol–water partition coefficient (Wildman–Crippen LogP) is 0.742. The molecule has 0 radical (unpaired) electrons. The second kappa shape index (κ2) is 10.3. The number of morpholine rings is 1. The fraction of sp³-hybridized carbons (Fsp3) is 0.500. The zero-order valence-electron chi connectivity index (χ0n) is 17.3. The second-order valence-electron chi connectivity index (χ2n) is 6.68. The Balaban J connectivity index is 1.72. The van der Waals surface area contributed by atoms with E-state index in [1.165, 1.54) is 28.1 Å². The first-order valence-electron chi connectivity index (χ1n) is 9.70. The van der Waals surface area contributed by atoms with E-state index in [2.05, 4.69) is 15.5 Å². The van der Waals surface area contributed by atoms with Crippen LogP contribution in [-0.2, 0) is 26.1 Å². The maximum absolute atomic E-state index is 13.0. The lowest BCUT2D eigenvalue weighted by atomic mass is 10.3. The van der Waals surface area contributed by atoms with Crippen molar-refractivity contribution in [1.29, 1.82) is 0 Å². The molecule has 0 bridgehead atoms. The van der Waals surface area contributed by atoms with Crippen LogP contribution in [0.25, 0.3) is 0 Å². The number of thioether (sulfide) groups is 1. The van der Waals surface area contributed by atoms with Gasteiger partial charge in [0.1, 0.15) is 10.6 Å². The minimum atomic E-state index is -3.81. The average molecular weight is 472 g/mol. The zero-order chi connectivity index (χ0) is 22.4. The molecule has 2 heterocycles. The molecule has 0 atom stereocenters. The molecule has 1 amide bonds. The average Bonchev–Trinajstić information content (AvgIpc) is 3.12. The SMILES string of the molecule is CCCn1c(SCC(=O)Nc2ccc(OC)c(S(=O)(=O)N3CCOCC3)c2)n[nH]c1=O. The Bertz CT molecular complexity index is 1080. The highest BCUT2D eigenvalue weighted by atomic mass is 32.2. The molecule has 170 valence electrons. The fourth-order valence-electron chi connectivity index (χ4n) is 3.04. The fourth-order valence-corrected chi connectivity index (χ4v) is 5.41. The van der Waals surface area contributed by atoms with Crippen molar-refractivity contribution in [2.45, 2.75) is 29.9 Å². The summed E-state index contributed by atoms with van der Waals surface area (Å²) >= 11 is 1.12. The highest BCUT2D eigenvalue weighted by Crippen LogP contribution is 2.30. The van der Waals surface area contributed by atoms with Crippen molar-refractivity contribution in [2.24, 2.45) is 0 Å². The van der Waals surface area contributed by atoms with E-state index in [4.69, 9.17) is 9.47 Å². The maximum atomic E-state index is 13.0. The molecular formula is C18H25N5O6S2. The lowest BCUT2D eigenvalue weighted by molar-refractivity contribution is -0.113. The van der Waals surface area contributed by atoms with Crippen molar-refractivity contribution in [2.75, 3.05) is 44.5 Å². The summed E-state index contributed by atoms with van der Waals surface area (Å²) in [5.74, 6) is -0.159. The van der Waals surface area contributed by atoms with Gasteiger partial charge in [0.05, 0.1) is 26.1 Å². The minimum Gasteiger partial charge on any atom is -0.495 e. The number of nitrogens with one attached hydrogen (secondary N) is 2. The van der Waals surface area contributed by atoms with Crippen LogP contribution in [0.2, 0.25) is 0 Å². The van der Waals surface area contributed by atoms with E-state index in [-0.39, 0.29) is 41.1 Å². The summed E-state index contributed by atoms with van der Waals surface area (Å²) < 4.78 is 39.4. The molecule has 1 saturated heterocycles. The van der Waals surface area contributed by atoms with Crippen LogP contribution in [0.5, 0.6) is 5.75 Å². The maximum Gasteiger partial charge on any atom is 0.343 e. The molecule has 13 heteroatoms. The Morgan fingerprint density at radius 2 is 2.10 bits per heavy atom. The monoisotopic (exact) mass is 471 g/mol. The number of benzene rings is 1. The molecular weight excluding hydrogens is 446 g/mol. The lowest BCUT2D eigenvalue weighted by Gasteiger charge is -2.26. The minimum absolute atomic E-state index is 0.00554. The number of hydrogen-bond acceptors (Lipinski definition) is 8. The van der Waals surface area contributed by atoms with Crippen LogP contribution in [0.1, 0.15) is 13.3 Å². The molecule has 0 saturated carbocycles. The molecule has 2 aromatic rings. The standard InChI is InChI=1S/C18H25N5O6S2/c1-3-6-23-17(25)20-21-18(23)30-12-16(24)19-13-4-5-14(28-2)15(11-13)31(26,27)22-7-9-29-10-8-22/h4-5,11H,3,6-10,12H2,1-2H3,(H,19,24)(H,20,25). The third-order valence-corrected chi connectivity index (χ3v) is 7.43. The molecule has 1 aromatic heterocycles. The Kier molecular flexibility index (Phi) is 7.75. The molecule has 0 aliphatic carbocycles. The van der Waals surface area contributed by atoms with E-state index in [0.717, 1.165) is 18.2 Å². The van der Waals surface area contributed by atoms with E-state index in [0.29, 0.717) is 30.6 Å². The van der Waals surface area contributed by atoms with E-state index in [1.54, 1.807) is 6.07 Å². The summed E-state index contributed by atoms with van der Waals surface area (Å²) in [6.45, 7) is 3.59. The third-order valence-electron chi connectivity index (χ3n) is 4.54.